The highest BCUT2D eigenvalue weighted by Gasteiger charge is 2.08. The van der Waals surface area contributed by atoms with E-state index in [2.05, 4.69) is 15.3 Å². The molecule has 5 heteroatoms. The highest BCUT2D eigenvalue weighted by atomic mass is 16.1. The predicted molar refractivity (Wildman–Crippen MR) is 52.0 cm³/mol. The Morgan fingerprint density at radius 1 is 1.21 bits per heavy atom. The summed E-state index contributed by atoms with van der Waals surface area (Å²) in [6.07, 6.45) is 1.65. The molecule has 0 saturated heterocycles. The number of hydrogen-bond acceptors (Lipinski definition) is 4. The molecule has 2 aromatic heterocycles. The van der Waals surface area contributed by atoms with Crippen molar-refractivity contribution in [2.75, 3.05) is 0 Å². The van der Waals surface area contributed by atoms with Crippen molar-refractivity contribution in [1.29, 1.82) is 0 Å². The van der Waals surface area contributed by atoms with Crippen molar-refractivity contribution in [3.63, 3.8) is 0 Å². The highest BCUT2D eigenvalue weighted by molar-refractivity contribution is 5.84. The van der Waals surface area contributed by atoms with E-state index < -0.39 is 0 Å². The number of aryl methyl sites for hydroxylation is 3. The largest absolute Gasteiger partial charge is 0.276 e. The molecule has 0 saturated carbocycles. The lowest BCUT2D eigenvalue weighted by molar-refractivity contribution is 0.715. The first-order valence-electron chi connectivity index (χ1n) is 4.27. The Bertz CT molecular complexity index is 558. The molecule has 0 fully saturated rings. The van der Waals surface area contributed by atoms with Crippen LogP contribution >= 0.6 is 0 Å². The van der Waals surface area contributed by atoms with Gasteiger partial charge in [0.15, 0.2) is 0 Å². The van der Waals surface area contributed by atoms with E-state index in [-0.39, 0.29) is 5.56 Å². The van der Waals surface area contributed by atoms with Crippen molar-refractivity contribution >= 4 is 10.8 Å². The Balaban J connectivity index is 3.09. The number of aromatic nitrogens is 4. The van der Waals surface area contributed by atoms with Gasteiger partial charge < -0.3 is 0 Å². The van der Waals surface area contributed by atoms with E-state index in [4.69, 9.17) is 0 Å². The normalized spacial score (nSPS) is 10.8. The minimum Gasteiger partial charge on any atom is -0.267 e. The Labute approximate surface area is 80.4 Å². The van der Waals surface area contributed by atoms with Gasteiger partial charge in [0.1, 0.15) is 0 Å². The molecule has 72 valence electrons. The molecule has 5 nitrogen and oxygen atoms in total. The summed E-state index contributed by atoms with van der Waals surface area (Å²) in [6.45, 7) is 3.59. The monoisotopic (exact) mass is 190 g/mol. The second-order valence-electron chi connectivity index (χ2n) is 3.23. The van der Waals surface area contributed by atoms with Crippen molar-refractivity contribution in [1.82, 2.24) is 20.0 Å². The van der Waals surface area contributed by atoms with Crippen molar-refractivity contribution < 1.29 is 0 Å². The summed E-state index contributed by atoms with van der Waals surface area (Å²) >= 11 is 0. The Morgan fingerprint density at radius 3 is 2.57 bits per heavy atom. The summed E-state index contributed by atoms with van der Waals surface area (Å²) in [5.41, 5.74) is 1.25. The van der Waals surface area contributed by atoms with Crippen LogP contribution in [0.5, 0.6) is 0 Å². The predicted octanol–water partition coefficient (Wildman–Crippen LogP) is 0.340. The summed E-state index contributed by atoms with van der Waals surface area (Å²) in [4.78, 5) is 11.7. The fourth-order valence-electron chi connectivity index (χ4n) is 1.42. The highest BCUT2D eigenvalue weighted by Crippen LogP contribution is 2.12. The third-order valence-electron chi connectivity index (χ3n) is 2.24. The third kappa shape index (κ3) is 1.09. The molecule has 2 rings (SSSR count). The summed E-state index contributed by atoms with van der Waals surface area (Å²) in [5, 5.41) is 13.2. The van der Waals surface area contributed by atoms with E-state index in [1.54, 1.807) is 20.2 Å². The average molecular weight is 190 g/mol. The van der Waals surface area contributed by atoms with Gasteiger partial charge in [0.25, 0.3) is 5.56 Å². The van der Waals surface area contributed by atoms with Gasteiger partial charge in [-0.15, -0.1) is 0 Å². The first-order chi connectivity index (χ1) is 6.61. The van der Waals surface area contributed by atoms with Gasteiger partial charge in [0.2, 0.25) is 0 Å². The molecule has 0 atom stereocenters. The molecular weight excluding hydrogens is 180 g/mol. The van der Waals surface area contributed by atoms with Crippen LogP contribution < -0.4 is 5.56 Å². The molecule has 0 aromatic carbocycles. The van der Waals surface area contributed by atoms with Gasteiger partial charge in [-0.1, -0.05) is 0 Å². The smallest absolute Gasteiger partial charge is 0.267 e. The van der Waals surface area contributed by atoms with E-state index in [9.17, 15) is 4.79 Å². The topological polar surface area (TPSA) is 60.7 Å². The second-order valence-corrected chi connectivity index (χ2v) is 3.23. The van der Waals surface area contributed by atoms with Crippen LogP contribution in [0.25, 0.3) is 10.8 Å². The van der Waals surface area contributed by atoms with Gasteiger partial charge in [-0.3, -0.25) is 4.79 Å². The van der Waals surface area contributed by atoms with E-state index >= 15 is 0 Å². The van der Waals surface area contributed by atoms with Crippen LogP contribution in [0.2, 0.25) is 0 Å². The second kappa shape index (κ2) is 2.87. The molecule has 0 amide bonds. The number of fused-ring (bicyclic) bond motifs is 1. The SMILES string of the molecule is Cc1nnc(C)c2c(=O)n(C)ncc12. The van der Waals surface area contributed by atoms with Crippen LogP contribution in [-0.4, -0.2) is 20.0 Å². The maximum absolute atomic E-state index is 11.7. The fraction of sp³-hybridized carbons (Fsp3) is 0.333. The van der Waals surface area contributed by atoms with Crippen LogP contribution in [0.1, 0.15) is 11.4 Å². The zero-order valence-electron chi connectivity index (χ0n) is 8.27. The number of hydrogen-bond donors (Lipinski definition) is 0. The molecule has 2 heterocycles. The first-order valence-corrected chi connectivity index (χ1v) is 4.27. The fourth-order valence-corrected chi connectivity index (χ4v) is 1.42. The summed E-state index contributed by atoms with van der Waals surface area (Å²) in [7, 11) is 1.62. The molecule has 0 bridgehead atoms. The van der Waals surface area contributed by atoms with Crippen molar-refractivity contribution in [2.45, 2.75) is 13.8 Å². The molecule has 0 aliphatic heterocycles. The molecule has 0 radical (unpaired) electrons. The quantitative estimate of drug-likeness (QED) is 0.601. The van der Waals surface area contributed by atoms with Gasteiger partial charge in [0.05, 0.1) is 23.0 Å². The van der Waals surface area contributed by atoms with Gasteiger partial charge in [-0.25, -0.2) is 4.68 Å². The van der Waals surface area contributed by atoms with Gasteiger partial charge in [-0.2, -0.15) is 15.3 Å². The van der Waals surface area contributed by atoms with Gasteiger partial charge >= 0.3 is 0 Å². The zero-order chi connectivity index (χ0) is 10.3. The van der Waals surface area contributed by atoms with E-state index in [0.29, 0.717) is 11.1 Å². The molecule has 0 N–H and O–H groups in total. The molecule has 0 spiro atoms. The molecule has 0 aliphatic rings. The van der Waals surface area contributed by atoms with Gasteiger partial charge in [0, 0.05) is 12.4 Å². The minimum absolute atomic E-state index is 0.127. The zero-order valence-corrected chi connectivity index (χ0v) is 8.27. The van der Waals surface area contributed by atoms with E-state index in [1.165, 1.54) is 4.68 Å². The maximum Gasteiger partial charge on any atom is 0.276 e. The van der Waals surface area contributed by atoms with Crippen LogP contribution in [0, 0.1) is 13.8 Å². The number of rotatable bonds is 0. The standard InChI is InChI=1S/C9H10N4O/c1-5-7-4-10-13(3)9(14)8(7)6(2)12-11-5/h4H,1-3H3. The molecule has 14 heavy (non-hydrogen) atoms. The summed E-state index contributed by atoms with van der Waals surface area (Å²) in [6, 6.07) is 0. The van der Waals surface area contributed by atoms with E-state index in [1.807, 2.05) is 6.92 Å². The molecule has 0 unspecified atom stereocenters. The average Bonchev–Trinajstić information content (AvgIpc) is 2.16. The van der Waals surface area contributed by atoms with Crippen molar-refractivity contribution in [2.24, 2.45) is 7.05 Å². The molecular formula is C9H10N4O. The van der Waals surface area contributed by atoms with Crippen LogP contribution in [0.3, 0.4) is 0 Å². The third-order valence-corrected chi connectivity index (χ3v) is 2.24. The van der Waals surface area contributed by atoms with Crippen molar-refractivity contribution in [3.8, 4) is 0 Å². The maximum atomic E-state index is 11.7. The van der Waals surface area contributed by atoms with E-state index in [0.717, 1.165) is 11.1 Å². The summed E-state index contributed by atoms with van der Waals surface area (Å²) in [5.74, 6) is 0. The van der Waals surface area contributed by atoms with Crippen LogP contribution in [-0.2, 0) is 7.05 Å². The lowest BCUT2D eigenvalue weighted by Gasteiger charge is -2.03. The minimum atomic E-state index is -0.127. The van der Waals surface area contributed by atoms with Gasteiger partial charge in [-0.05, 0) is 13.8 Å². The van der Waals surface area contributed by atoms with Crippen LogP contribution in [0.15, 0.2) is 11.0 Å². The van der Waals surface area contributed by atoms with Crippen molar-refractivity contribution in [3.05, 3.63) is 27.9 Å². The number of nitrogens with zero attached hydrogens (tertiary/aromatic N) is 4. The Kier molecular flexibility index (Phi) is 1.80. The molecule has 0 aliphatic carbocycles. The Morgan fingerprint density at radius 2 is 1.86 bits per heavy atom. The lowest BCUT2D eigenvalue weighted by atomic mass is 10.2. The molecule has 2 aromatic rings. The Hall–Kier alpha value is -1.78. The lowest BCUT2D eigenvalue weighted by Crippen LogP contribution is -2.20. The summed E-state index contributed by atoms with van der Waals surface area (Å²) < 4.78 is 1.30. The first kappa shape index (κ1) is 8.80. The van der Waals surface area contributed by atoms with Crippen LogP contribution in [0.4, 0.5) is 0 Å².